The minimum atomic E-state index is 0.118. The van der Waals surface area contributed by atoms with Crippen LogP contribution in [0.25, 0.3) is 0 Å². The van der Waals surface area contributed by atoms with Gasteiger partial charge in [0.1, 0.15) is 0 Å². The number of benzene rings is 3. The summed E-state index contributed by atoms with van der Waals surface area (Å²) in [6.07, 6.45) is 3.88. The lowest BCUT2D eigenvalue weighted by Crippen LogP contribution is -2.13. The molecule has 0 aromatic heterocycles. The van der Waals surface area contributed by atoms with Gasteiger partial charge in [0.05, 0.1) is 11.4 Å². The van der Waals surface area contributed by atoms with Crippen molar-refractivity contribution in [3.8, 4) is 0 Å². The summed E-state index contributed by atoms with van der Waals surface area (Å²) in [6, 6.07) is 23.0. The molecule has 2 heteroatoms. The van der Waals surface area contributed by atoms with Gasteiger partial charge in [0.25, 0.3) is 0 Å². The normalized spacial score (nSPS) is 12.7. The second-order valence-electron chi connectivity index (χ2n) is 10.2. The van der Waals surface area contributed by atoms with E-state index in [0.29, 0.717) is 0 Å². The molecule has 0 unspecified atom stereocenters. The molecule has 0 atom stereocenters. The molecule has 0 heterocycles. The minimum Gasteiger partial charge on any atom is -0.256 e. The van der Waals surface area contributed by atoms with E-state index in [-0.39, 0.29) is 10.8 Å². The lowest BCUT2D eigenvalue weighted by molar-refractivity contribution is 0.586. The molecule has 0 aliphatic carbocycles. The Morgan fingerprint density at radius 3 is 1.90 bits per heavy atom. The average molecular weight is 411 g/mol. The van der Waals surface area contributed by atoms with Gasteiger partial charge in [-0.3, -0.25) is 9.98 Å². The summed E-state index contributed by atoms with van der Waals surface area (Å²) < 4.78 is 0. The topological polar surface area (TPSA) is 24.7 Å². The fourth-order valence-corrected chi connectivity index (χ4v) is 3.64. The summed E-state index contributed by atoms with van der Waals surface area (Å²) in [6.45, 7) is 15.6. The van der Waals surface area contributed by atoms with Crippen LogP contribution in [0, 0.1) is 6.92 Å². The van der Waals surface area contributed by atoms with Crippen LogP contribution in [0.2, 0.25) is 0 Å². The third-order valence-electron chi connectivity index (χ3n) is 5.48. The zero-order valence-corrected chi connectivity index (χ0v) is 19.9. The number of nitrogens with zero attached hydrogens (tertiary/aromatic N) is 2. The lowest BCUT2D eigenvalue weighted by atomic mass is 9.83. The first-order valence-electron chi connectivity index (χ1n) is 10.9. The molecule has 0 saturated heterocycles. The minimum absolute atomic E-state index is 0.118. The fraction of sp³-hybridized carbons (Fsp3) is 0.310. The van der Waals surface area contributed by atoms with Crippen molar-refractivity contribution in [2.75, 3.05) is 0 Å². The molecule has 0 saturated carbocycles. The molecule has 0 aliphatic heterocycles. The lowest BCUT2D eigenvalue weighted by Gasteiger charge is -2.22. The summed E-state index contributed by atoms with van der Waals surface area (Å²) in [5.74, 6) is 0. The van der Waals surface area contributed by atoms with Gasteiger partial charge in [0.2, 0.25) is 0 Å². The van der Waals surface area contributed by atoms with Crippen molar-refractivity contribution >= 4 is 23.8 Å². The van der Waals surface area contributed by atoms with Crippen LogP contribution < -0.4 is 0 Å². The highest BCUT2D eigenvalue weighted by Crippen LogP contribution is 2.28. The maximum Gasteiger partial charge on any atom is 0.0651 e. The van der Waals surface area contributed by atoms with Crippen molar-refractivity contribution in [1.82, 2.24) is 0 Å². The Balaban J connectivity index is 1.81. The Bertz CT molecular complexity index is 1110. The van der Waals surface area contributed by atoms with Crippen molar-refractivity contribution in [3.63, 3.8) is 0 Å². The van der Waals surface area contributed by atoms with Gasteiger partial charge < -0.3 is 0 Å². The molecular formula is C29H34N2. The van der Waals surface area contributed by atoms with Crippen molar-refractivity contribution < 1.29 is 0 Å². The van der Waals surface area contributed by atoms with E-state index in [1.807, 2.05) is 36.7 Å². The largest absolute Gasteiger partial charge is 0.256 e. The molecular weight excluding hydrogens is 376 g/mol. The number of aliphatic imine (C=N–C) groups is 2. The Labute approximate surface area is 187 Å². The Kier molecular flexibility index (Phi) is 6.59. The van der Waals surface area contributed by atoms with Crippen LogP contribution in [-0.2, 0) is 10.8 Å². The summed E-state index contributed by atoms with van der Waals surface area (Å²) in [5, 5.41) is 0. The fourth-order valence-electron chi connectivity index (χ4n) is 3.64. The van der Waals surface area contributed by atoms with Gasteiger partial charge in [-0.25, -0.2) is 0 Å². The van der Waals surface area contributed by atoms with E-state index in [4.69, 9.17) is 4.99 Å². The first kappa shape index (κ1) is 22.7. The van der Waals surface area contributed by atoms with Crippen LogP contribution in [0.1, 0.15) is 69.4 Å². The first-order valence-corrected chi connectivity index (χ1v) is 10.9. The molecule has 3 aromatic rings. The zero-order valence-electron chi connectivity index (χ0n) is 19.9. The Morgan fingerprint density at radius 1 is 0.645 bits per heavy atom. The number of rotatable bonds is 4. The Morgan fingerprint density at radius 2 is 1.26 bits per heavy atom. The highest BCUT2D eigenvalue weighted by Gasteiger charge is 2.17. The first-order chi connectivity index (χ1) is 14.5. The molecule has 0 radical (unpaired) electrons. The zero-order chi connectivity index (χ0) is 22.6. The summed E-state index contributed by atoms with van der Waals surface area (Å²) in [5.41, 5.74) is 8.25. The van der Waals surface area contributed by atoms with Crippen LogP contribution in [0.4, 0.5) is 11.4 Å². The van der Waals surface area contributed by atoms with Gasteiger partial charge in [0, 0.05) is 12.4 Å². The van der Waals surface area contributed by atoms with Gasteiger partial charge in [-0.05, 0) is 69.8 Å². The van der Waals surface area contributed by atoms with Gasteiger partial charge in [-0.15, -0.1) is 0 Å². The van der Waals surface area contributed by atoms with E-state index in [9.17, 15) is 0 Å². The SMILES string of the molecule is Cc1c(C=Nc2cccc(N=Cc3cccc(C(C)(C)C)c3)c2)cccc1C(C)(C)C. The third-order valence-corrected chi connectivity index (χ3v) is 5.48. The maximum absolute atomic E-state index is 4.72. The molecule has 2 nitrogen and oxygen atoms in total. The van der Waals surface area contributed by atoms with E-state index in [0.717, 1.165) is 22.5 Å². The molecule has 0 bridgehead atoms. The molecule has 3 aromatic carbocycles. The summed E-state index contributed by atoms with van der Waals surface area (Å²) in [4.78, 5) is 9.40. The van der Waals surface area contributed by atoms with Crippen LogP contribution in [0.5, 0.6) is 0 Å². The maximum atomic E-state index is 4.72. The van der Waals surface area contributed by atoms with Crippen molar-refractivity contribution in [2.45, 2.75) is 59.3 Å². The average Bonchev–Trinajstić information content (AvgIpc) is 2.70. The second-order valence-corrected chi connectivity index (χ2v) is 10.2. The van der Waals surface area contributed by atoms with Crippen molar-refractivity contribution in [1.29, 1.82) is 0 Å². The smallest absolute Gasteiger partial charge is 0.0651 e. The van der Waals surface area contributed by atoms with Gasteiger partial charge >= 0.3 is 0 Å². The van der Waals surface area contributed by atoms with Gasteiger partial charge in [0.15, 0.2) is 0 Å². The van der Waals surface area contributed by atoms with Gasteiger partial charge in [-0.2, -0.15) is 0 Å². The highest BCUT2D eigenvalue weighted by molar-refractivity contribution is 5.85. The molecule has 0 spiro atoms. The van der Waals surface area contributed by atoms with E-state index < -0.39 is 0 Å². The van der Waals surface area contributed by atoms with E-state index in [2.05, 4.69) is 95.9 Å². The van der Waals surface area contributed by atoms with Crippen LogP contribution >= 0.6 is 0 Å². The predicted octanol–water partition coefficient (Wildman–Crippen LogP) is 8.09. The van der Waals surface area contributed by atoms with Crippen LogP contribution in [0.3, 0.4) is 0 Å². The number of hydrogen-bond acceptors (Lipinski definition) is 2. The quantitative estimate of drug-likeness (QED) is 0.388. The Hall–Kier alpha value is -3.00. The molecule has 0 fully saturated rings. The molecule has 0 N–H and O–H groups in total. The van der Waals surface area contributed by atoms with Crippen LogP contribution in [0.15, 0.2) is 76.7 Å². The monoisotopic (exact) mass is 410 g/mol. The molecule has 160 valence electrons. The van der Waals surface area contributed by atoms with E-state index >= 15 is 0 Å². The van der Waals surface area contributed by atoms with Crippen LogP contribution in [-0.4, -0.2) is 12.4 Å². The summed E-state index contributed by atoms with van der Waals surface area (Å²) in [7, 11) is 0. The molecule has 3 rings (SSSR count). The van der Waals surface area contributed by atoms with Crippen molar-refractivity contribution in [3.05, 3.63) is 94.5 Å². The third kappa shape index (κ3) is 6.01. The molecule has 31 heavy (non-hydrogen) atoms. The highest BCUT2D eigenvalue weighted by atomic mass is 14.7. The van der Waals surface area contributed by atoms with E-state index in [1.165, 1.54) is 16.7 Å². The standard InChI is InChI=1S/C29H34N2/c1-21-23(12-9-16-27(21)29(5,6)7)20-31-26-15-10-14-25(18-26)30-19-22-11-8-13-24(17-22)28(2,3)4/h8-20H,1-7H3. The van der Waals surface area contributed by atoms with Crippen molar-refractivity contribution in [2.24, 2.45) is 9.98 Å². The molecule has 0 aliphatic rings. The summed E-state index contributed by atoms with van der Waals surface area (Å²) >= 11 is 0. The van der Waals surface area contributed by atoms with Gasteiger partial charge in [-0.1, -0.05) is 84.0 Å². The van der Waals surface area contributed by atoms with E-state index in [1.54, 1.807) is 0 Å². The number of hydrogen-bond donors (Lipinski definition) is 0. The predicted molar refractivity (Wildman–Crippen MR) is 136 cm³/mol. The second kappa shape index (κ2) is 9.01. The molecule has 0 amide bonds.